The molecule has 1 aromatic carbocycles. The van der Waals surface area contributed by atoms with Gasteiger partial charge in [-0.15, -0.1) is 0 Å². The summed E-state index contributed by atoms with van der Waals surface area (Å²) in [7, 11) is 1.61. The Balaban J connectivity index is 2.23. The topological polar surface area (TPSA) is 92.4 Å². The fraction of sp³-hybridized carbons (Fsp3) is 0.286. The molecular formula is C14H15N3O4. The number of rotatable bonds is 4. The number of aromatic amines is 1. The number of hydrogen-bond acceptors (Lipinski definition) is 5. The third-order valence-electron chi connectivity index (χ3n) is 3.12. The van der Waals surface area contributed by atoms with Crippen LogP contribution in [-0.2, 0) is 9.53 Å². The first-order chi connectivity index (χ1) is 10.0. The maximum atomic E-state index is 12.0. The summed E-state index contributed by atoms with van der Waals surface area (Å²) in [6.07, 6.45) is 0. The molecule has 7 heteroatoms. The van der Waals surface area contributed by atoms with E-state index < -0.39 is 5.97 Å². The first kappa shape index (κ1) is 14.7. The molecule has 1 aromatic heterocycles. The van der Waals surface area contributed by atoms with Crippen molar-refractivity contribution in [1.29, 1.82) is 0 Å². The van der Waals surface area contributed by atoms with Gasteiger partial charge < -0.3 is 9.64 Å². The summed E-state index contributed by atoms with van der Waals surface area (Å²) in [6, 6.07) is 6.57. The van der Waals surface area contributed by atoms with Gasteiger partial charge in [-0.3, -0.25) is 9.59 Å². The summed E-state index contributed by atoms with van der Waals surface area (Å²) in [6.45, 7) is 1.98. The Morgan fingerprint density at radius 3 is 2.62 bits per heavy atom. The van der Waals surface area contributed by atoms with Crippen LogP contribution >= 0.6 is 0 Å². The minimum Gasteiger partial charge on any atom is -0.451 e. The molecule has 2 rings (SSSR count). The Labute approximate surface area is 120 Å². The third kappa shape index (κ3) is 3.07. The second-order valence-corrected chi connectivity index (χ2v) is 4.43. The van der Waals surface area contributed by atoms with Crippen LogP contribution < -0.4 is 5.56 Å². The summed E-state index contributed by atoms with van der Waals surface area (Å²) in [4.78, 5) is 36.7. The minimum absolute atomic E-state index is 0.0165. The monoisotopic (exact) mass is 289 g/mol. The molecule has 1 N–H and O–H groups in total. The number of carbonyl (C=O) groups is 2. The van der Waals surface area contributed by atoms with Gasteiger partial charge in [0.15, 0.2) is 12.3 Å². The molecule has 2 aromatic rings. The number of esters is 1. The molecule has 0 spiro atoms. The van der Waals surface area contributed by atoms with Crippen LogP contribution in [0.2, 0.25) is 0 Å². The van der Waals surface area contributed by atoms with Gasteiger partial charge in [-0.05, 0) is 13.0 Å². The second kappa shape index (κ2) is 6.17. The molecule has 1 amide bonds. The lowest BCUT2D eigenvalue weighted by Gasteiger charge is -2.14. The smallest absolute Gasteiger partial charge is 0.359 e. The van der Waals surface area contributed by atoms with Gasteiger partial charge in [0, 0.05) is 19.0 Å². The van der Waals surface area contributed by atoms with Crippen LogP contribution in [0.3, 0.4) is 0 Å². The molecule has 0 saturated carbocycles. The Morgan fingerprint density at radius 1 is 1.29 bits per heavy atom. The number of amides is 1. The van der Waals surface area contributed by atoms with Crippen molar-refractivity contribution in [3.8, 4) is 0 Å². The molecule has 0 aliphatic heterocycles. The van der Waals surface area contributed by atoms with E-state index in [2.05, 4.69) is 10.2 Å². The van der Waals surface area contributed by atoms with Gasteiger partial charge in [0.2, 0.25) is 0 Å². The number of benzene rings is 1. The van der Waals surface area contributed by atoms with Gasteiger partial charge in [0.1, 0.15) is 0 Å². The molecule has 0 unspecified atom stereocenters. The van der Waals surface area contributed by atoms with Gasteiger partial charge in [0.05, 0.1) is 5.39 Å². The van der Waals surface area contributed by atoms with E-state index in [1.807, 2.05) is 6.92 Å². The normalized spacial score (nSPS) is 10.4. The van der Waals surface area contributed by atoms with Crippen LogP contribution in [0.1, 0.15) is 17.4 Å². The highest BCUT2D eigenvalue weighted by Gasteiger charge is 2.17. The van der Waals surface area contributed by atoms with Crippen LogP contribution in [0, 0.1) is 0 Å². The molecule has 0 atom stereocenters. The van der Waals surface area contributed by atoms with E-state index in [-0.39, 0.29) is 23.8 Å². The average Bonchev–Trinajstić information content (AvgIpc) is 2.52. The van der Waals surface area contributed by atoms with Crippen LogP contribution in [0.15, 0.2) is 29.1 Å². The van der Waals surface area contributed by atoms with Crippen molar-refractivity contribution < 1.29 is 14.3 Å². The van der Waals surface area contributed by atoms with Crippen LogP contribution in [0.5, 0.6) is 0 Å². The maximum Gasteiger partial charge on any atom is 0.359 e. The Bertz CT molecular complexity index is 738. The lowest BCUT2D eigenvalue weighted by molar-refractivity contribution is -0.133. The summed E-state index contributed by atoms with van der Waals surface area (Å²) >= 11 is 0. The largest absolute Gasteiger partial charge is 0.451 e. The molecule has 0 bridgehead atoms. The van der Waals surface area contributed by atoms with Crippen LogP contribution in [0.4, 0.5) is 0 Å². The number of carbonyl (C=O) groups excluding carboxylic acids is 2. The van der Waals surface area contributed by atoms with E-state index in [4.69, 9.17) is 4.74 Å². The fourth-order valence-corrected chi connectivity index (χ4v) is 1.75. The number of fused-ring (bicyclic) bond motifs is 1. The number of H-pyrrole nitrogens is 1. The summed E-state index contributed by atoms with van der Waals surface area (Å²) in [5.41, 5.74) is -0.402. The first-order valence-electron chi connectivity index (χ1n) is 6.43. The van der Waals surface area contributed by atoms with E-state index in [9.17, 15) is 14.4 Å². The highest BCUT2D eigenvalue weighted by atomic mass is 16.5. The molecule has 0 aliphatic rings. The van der Waals surface area contributed by atoms with Crippen molar-refractivity contribution in [2.45, 2.75) is 6.92 Å². The maximum absolute atomic E-state index is 12.0. The third-order valence-corrected chi connectivity index (χ3v) is 3.12. The van der Waals surface area contributed by atoms with Crippen molar-refractivity contribution in [2.75, 3.05) is 20.2 Å². The van der Waals surface area contributed by atoms with E-state index >= 15 is 0 Å². The molecule has 21 heavy (non-hydrogen) atoms. The van der Waals surface area contributed by atoms with E-state index in [0.29, 0.717) is 17.3 Å². The SMILES string of the molecule is CCN(C)C(=O)COC(=O)c1n[nH]c(=O)c2ccccc12. The number of nitrogens with one attached hydrogen (secondary N) is 1. The van der Waals surface area contributed by atoms with Crippen molar-refractivity contribution in [3.63, 3.8) is 0 Å². The zero-order valence-electron chi connectivity index (χ0n) is 11.8. The standard InChI is InChI=1S/C14H15N3O4/c1-3-17(2)11(18)8-21-14(20)12-9-6-4-5-7-10(9)13(19)16-15-12/h4-7H,3,8H2,1-2H3,(H,16,19). The Morgan fingerprint density at radius 2 is 1.95 bits per heavy atom. The Kier molecular flexibility index (Phi) is 4.32. The number of aromatic nitrogens is 2. The van der Waals surface area contributed by atoms with Gasteiger partial charge in [-0.1, -0.05) is 18.2 Å². The predicted molar refractivity (Wildman–Crippen MR) is 76.0 cm³/mol. The van der Waals surface area contributed by atoms with Crippen LogP contribution in [-0.4, -0.2) is 47.2 Å². The molecule has 0 aliphatic carbocycles. The van der Waals surface area contributed by atoms with Gasteiger partial charge >= 0.3 is 5.97 Å². The minimum atomic E-state index is -0.750. The van der Waals surface area contributed by atoms with Crippen LogP contribution in [0.25, 0.3) is 10.8 Å². The number of nitrogens with zero attached hydrogens (tertiary/aromatic N) is 2. The van der Waals surface area contributed by atoms with Crippen molar-refractivity contribution in [2.24, 2.45) is 0 Å². The highest BCUT2D eigenvalue weighted by molar-refractivity contribution is 6.02. The molecular weight excluding hydrogens is 274 g/mol. The lowest BCUT2D eigenvalue weighted by Crippen LogP contribution is -2.31. The molecule has 0 saturated heterocycles. The Hall–Kier alpha value is -2.70. The summed E-state index contributed by atoms with van der Waals surface area (Å²) in [5.74, 6) is -1.06. The van der Waals surface area contributed by atoms with Gasteiger partial charge in [0.25, 0.3) is 11.5 Å². The average molecular weight is 289 g/mol. The van der Waals surface area contributed by atoms with Crippen molar-refractivity contribution in [1.82, 2.24) is 15.1 Å². The van der Waals surface area contributed by atoms with E-state index in [0.717, 1.165) is 0 Å². The fourth-order valence-electron chi connectivity index (χ4n) is 1.75. The van der Waals surface area contributed by atoms with Crippen molar-refractivity contribution in [3.05, 3.63) is 40.3 Å². The summed E-state index contributed by atoms with van der Waals surface area (Å²) < 4.78 is 4.95. The highest BCUT2D eigenvalue weighted by Crippen LogP contribution is 2.13. The number of hydrogen-bond donors (Lipinski definition) is 1. The second-order valence-electron chi connectivity index (χ2n) is 4.43. The van der Waals surface area contributed by atoms with Gasteiger partial charge in [-0.25, -0.2) is 9.89 Å². The number of ether oxygens (including phenoxy) is 1. The predicted octanol–water partition coefficient (Wildman–Crippen LogP) is 0.558. The molecule has 110 valence electrons. The lowest BCUT2D eigenvalue weighted by atomic mass is 10.1. The molecule has 1 heterocycles. The zero-order valence-corrected chi connectivity index (χ0v) is 11.8. The molecule has 7 nitrogen and oxygen atoms in total. The quantitative estimate of drug-likeness (QED) is 0.830. The zero-order chi connectivity index (χ0) is 15.4. The van der Waals surface area contributed by atoms with Crippen molar-refractivity contribution >= 4 is 22.6 Å². The number of likely N-dealkylation sites (N-methyl/N-ethyl adjacent to an activating group) is 1. The molecule has 0 fully saturated rings. The first-order valence-corrected chi connectivity index (χ1v) is 6.43. The molecule has 0 radical (unpaired) electrons. The summed E-state index contributed by atoms with van der Waals surface area (Å²) in [5, 5.41) is 6.69. The van der Waals surface area contributed by atoms with Gasteiger partial charge in [-0.2, -0.15) is 5.10 Å². The van der Waals surface area contributed by atoms with E-state index in [1.54, 1.807) is 31.3 Å². The van der Waals surface area contributed by atoms with E-state index in [1.165, 1.54) is 4.90 Å².